The molecule has 0 bridgehead atoms. The average molecular weight is 262 g/mol. The molecule has 1 N–H and O–H groups in total. The molecule has 0 spiro atoms. The zero-order chi connectivity index (χ0) is 13.1. The van der Waals surface area contributed by atoms with Crippen LogP contribution in [0.1, 0.15) is 50.0 Å². The van der Waals surface area contributed by atoms with Crippen LogP contribution in [0.15, 0.2) is 16.7 Å². The molecule has 3 nitrogen and oxygen atoms in total. The molecular formula is C16H26N2O. The van der Waals surface area contributed by atoms with Gasteiger partial charge in [-0.25, -0.2) is 0 Å². The number of rotatable bonds is 4. The smallest absolute Gasteiger partial charge is 0.108 e. The predicted molar refractivity (Wildman–Crippen MR) is 77.2 cm³/mol. The van der Waals surface area contributed by atoms with Crippen LogP contribution in [0.5, 0.6) is 0 Å². The van der Waals surface area contributed by atoms with Gasteiger partial charge in [-0.1, -0.05) is 6.92 Å². The lowest BCUT2D eigenvalue weighted by atomic mass is 9.90. The minimum Gasteiger partial charge on any atom is -0.469 e. The van der Waals surface area contributed by atoms with E-state index in [1.54, 1.807) is 0 Å². The number of furan rings is 1. The summed E-state index contributed by atoms with van der Waals surface area (Å²) in [6.45, 7) is 7.08. The number of nitrogens with zero attached hydrogens (tertiary/aromatic N) is 1. The first-order valence-electron chi connectivity index (χ1n) is 7.89. The molecule has 1 aromatic rings. The fourth-order valence-corrected chi connectivity index (χ4v) is 3.73. The zero-order valence-corrected chi connectivity index (χ0v) is 12.0. The standard InChI is InChI=1S/C16H26N2O/c1-2-18(12-13-5-4-9-17-11-13)15-6-3-7-16-14(15)8-10-19-16/h8,10,13,15,17H,2-7,9,11-12H2,1H3. The van der Waals surface area contributed by atoms with Gasteiger partial charge < -0.3 is 9.73 Å². The van der Waals surface area contributed by atoms with E-state index in [1.807, 2.05) is 6.26 Å². The van der Waals surface area contributed by atoms with Gasteiger partial charge in [0.15, 0.2) is 0 Å². The fourth-order valence-electron chi connectivity index (χ4n) is 3.73. The van der Waals surface area contributed by atoms with Gasteiger partial charge >= 0.3 is 0 Å². The highest BCUT2D eigenvalue weighted by Crippen LogP contribution is 2.35. The van der Waals surface area contributed by atoms with Gasteiger partial charge in [-0.15, -0.1) is 0 Å². The van der Waals surface area contributed by atoms with Crippen LogP contribution in [0.2, 0.25) is 0 Å². The van der Waals surface area contributed by atoms with Crippen molar-refractivity contribution in [1.29, 1.82) is 0 Å². The summed E-state index contributed by atoms with van der Waals surface area (Å²) in [5, 5.41) is 3.54. The average Bonchev–Trinajstić information content (AvgIpc) is 2.94. The molecule has 1 saturated heterocycles. The molecular weight excluding hydrogens is 236 g/mol. The SMILES string of the molecule is CCN(CC1CCCNC1)C1CCCc2occc21. The summed E-state index contributed by atoms with van der Waals surface area (Å²) in [5.41, 5.74) is 1.46. The van der Waals surface area contributed by atoms with E-state index in [1.165, 1.54) is 56.6 Å². The Kier molecular flexibility index (Phi) is 4.24. The zero-order valence-electron chi connectivity index (χ0n) is 12.0. The Morgan fingerprint density at radius 3 is 3.11 bits per heavy atom. The van der Waals surface area contributed by atoms with Gasteiger partial charge in [0.25, 0.3) is 0 Å². The first kappa shape index (κ1) is 13.2. The third-order valence-electron chi connectivity index (χ3n) is 4.76. The first-order valence-corrected chi connectivity index (χ1v) is 7.89. The molecule has 1 fully saturated rings. The van der Waals surface area contributed by atoms with Crippen LogP contribution in [0.3, 0.4) is 0 Å². The van der Waals surface area contributed by atoms with Crippen molar-refractivity contribution in [2.75, 3.05) is 26.2 Å². The molecule has 1 aromatic heterocycles. The van der Waals surface area contributed by atoms with Gasteiger partial charge in [-0.3, -0.25) is 4.90 Å². The van der Waals surface area contributed by atoms with Gasteiger partial charge in [-0.2, -0.15) is 0 Å². The molecule has 1 aliphatic carbocycles. The minimum atomic E-state index is 0.592. The molecule has 106 valence electrons. The van der Waals surface area contributed by atoms with E-state index in [-0.39, 0.29) is 0 Å². The highest BCUT2D eigenvalue weighted by Gasteiger charge is 2.28. The quantitative estimate of drug-likeness (QED) is 0.904. The predicted octanol–water partition coefficient (Wildman–Crippen LogP) is 2.98. The summed E-state index contributed by atoms with van der Waals surface area (Å²) < 4.78 is 5.63. The summed E-state index contributed by atoms with van der Waals surface area (Å²) in [5.74, 6) is 2.06. The highest BCUT2D eigenvalue weighted by atomic mass is 16.3. The van der Waals surface area contributed by atoms with Gasteiger partial charge in [0, 0.05) is 24.6 Å². The van der Waals surface area contributed by atoms with Crippen molar-refractivity contribution < 1.29 is 4.42 Å². The molecule has 3 heteroatoms. The lowest BCUT2D eigenvalue weighted by molar-refractivity contribution is 0.145. The lowest BCUT2D eigenvalue weighted by Gasteiger charge is -2.36. The van der Waals surface area contributed by atoms with Crippen LogP contribution in [0.25, 0.3) is 0 Å². The van der Waals surface area contributed by atoms with Crippen molar-refractivity contribution in [2.45, 2.75) is 45.1 Å². The molecule has 0 aromatic carbocycles. The van der Waals surface area contributed by atoms with Crippen molar-refractivity contribution in [2.24, 2.45) is 5.92 Å². The summed E-state index contributed by atoms with van der Waals surface area (Å²) in [4.78, 5) is 2.67. The Labute approximate surface area is 116 Å². The second-order valence-electron chi connectivity index (χ2n) is 6.01. The Bertz CT molecular complexity index is 395. The fraction of sp³-hybridized carbons (Fsp3) is 0.750. The van der Waals surface area contributed by atoms with Gasteiger partial charge in [0.2, 0.25) is 0 Å². The van der Waals surface area contributed by atoms with Gasteiger partial charge in [0.05, 0.1) is 6.26 Å². The molecule has 0 radical (unpaired) electrons. The van der Waals surface area contributed by atoms with E-state index in [0.29, 0.717) is 6.04 Å². The molecule has 2 heterocycles. The number of piperidine rings is 1. The maximum Gasteiger partial charge on any atom is 0.108 e. The summed E-state index contributed by atoms with van der Waals surface area (Å²) in [6, 6.07) is 2.79. The Morgan fingerprint density at radius 2 is 2.32 bits per heavy atom. The van der Waals surface area contributed by atoms with E-state index < -0.39 is 0 Å². The molecule has 1 aliphatic heterocycles. The third kappa shape index (κ3) is 2.87. The second kappa shape index (κ2) is 6.10. The highest BCUT2D eigenvalue weighted by molar-refractivity contribution is 5.24. The number of aryl methyl sites for hydroxylation is 1. The molecule has 0 amide bonds. The van der Waals surface area contributed by atoms with Crippen LogP contribution >= 0.6 is 0 Å². The summed E-state index contributed by atoms with van der Waals surface area (Å²) in [7, 11) is 0. The van der Waals surface area contributed by atoms with Crippen molar-refractivity contribution >= 4 is 0 Å². The van der Waals surface area contributed by atoms with E-state index in [0.717, 1.165) is 18.9 Å². The lowest BCUT2D eigenvalue weighted by Crippen LogP contribution is -2.40. The van der Waals surface area contributed by atoms with Gasteiger partial charge in [0.1, 0.15) is 5.76 Å². The molecule has 2 aliphatic rings. The molecule has 2 atom stereocenters. The van der Waals surface area contributed by atoms with E-state index in [2.05, 4.69) is 23.2 Å². The van der Waals surface area contributed by atoms with Crippen LogP contribution in [0.4, 0.5) is 0 Å². The topological polar surface area (TPSA) is 28.4 Å². The number of fused-ring (bicyclic) bond motifs is 1. The van der Waals surface area contributed by atoms with Crippen LogP contribution < -0.4 is 5.32 Å². The third-order valence-corrected chi connectivity index (χ3v) is 4.76. The number of nitrogens with one attached hydrogen (secondary N) is 1. The van der Waals surface area contributed by atoms with Crippen LogP contribution in [-0.2, 0) is 6.42 Å². The Hall–Kier alpha value is -0.800. The second-order valence-corrected chi connectivity index (χ2v) is 6.01. The van der Waals surface area contributed by atoms with Crippen LogP contribution in [-0.4, -0.2) is 31.1 Å². The Morgan fingerprint density at radius 1 is 1.37 bits per heavy atom. The minimum absolute atomic E-state index is 0.592. The first-order chi connectivity index (χ1) is 9.38. The van der Waals surface area contributed by atoms with Crippen molar-refractivity contribution in [1.82, 2.24) is 10.2 Å². The maximum atomic E-state index is 5.63. The molecule has 3 rings (SSSR count). The molecule has 2 unspecified atom stereocenters. The van der Waals surface area contributed by atoms with Crippen molar-refractivity contribution in [3.63, 3.8) is 0 Å². The largest absolute Gasteiger partial charge is 0.469 e. The molecule has 0 saturated carbocycles. The molecule has 19 heavy (non-hydrogen) atoms. The van der Waals surface area contributed by atoms with E-state index in [9.17, 15) is 0 Å². The summed E-state index contributed by atoms with van der Waals surface area (Å²) in [6.07, 6.45) is 8.28. The normalized spacial score (nSPS) is 27.5. The Balaban J connectivity index is 1.69. The van der Waals surface area contributed by atoms with Crippen molar-refractivity contribution in [3.05, 3.63) is 23.7 Å². The number of hydrogen-bond acceptors (Lipinski definition) is 3. The monoisotopic (exact) mass is 262 g/mol. The van der Waals surface area contributed by atoms with E-state index >= 15 is 0 Å². The van der Waals surface area contributed by atoms with Crippen LogP contribution in [0, 0.1) is 5.92 Å². The van der Waals surface area contributed by atoms with Crippen molar-refractivity contribution in [3.8, 4) is 0 Å². The maximum absolute atomic E-state index is 5.63. The van der Waals surface area contributed by atoms with E-state index in [4.69, 9.17) is 4.42 Å². The number of hydrogen-bond donors (Lipinski definition) is 1. The van der Waals surface area contributed by atoms with Gasteiger partial charge in [-0.05, 0) is 57.3 Å². The summed E-state index contributed by atoms with van der Waals surface area (Å²) >= 11 is 0.